The highest BCUT2D eigenvalue weighted by molar-refractivity contribution is 9.09. The van der Waals surface area contributed by atoms with E-state index in [1.54, 1.807) is 14.2 Å². The number of nitrogens with zero attached hydrogens (tertiary/aromatic N) is 1. The van der Waals surface area contributed by atoms with E-state index < -0.39 is 8.32 Å². The zero-order chi connectivity index (χ0) is 21.5. The van der Waals surface area contributed by atoms with Gasteiger partial charge in [-0.3, -0.25) is 0 Å². The first-order valence-corrected chi connectivity index (χ1v) is 13.7. The van der Waals surface area contributed by atoms with Gasteiger partial charge in [0, 0.05) is 20.6 Å². The number of rotatable bonds is 11. The molecule has 0 saturated carbocycles. The maximum absolute atomic E-state index is 9.54. The molecule has 1 rings (SSSR count). The van der Waals surface area contributed by atoms with Crippen LogP contribution >= 0.6 is 15.9 Å². The lowest BCUT2D eigenvalue weighted by atomic mass is 9.84. The van der Waals surface area contributed by atoms with E-state index in [0.717, 1.165) is 25.0 Å². The highest BCUT2D eigenvalue weighted by Crippen LogP contribution is 2.46. The van der Waals surface area contributed by atoms with Crippen molar-refractivity contribution in [1.82, 2.24) is 0 Å². The Morgan fingerprint density at radius 2 is 1.64 bits per heavy atom. The van der Waals surface area contributed by atoms with Crippen molar-refractivity contribution in [3.8, 4) is 6.07 Å². The van der Waals surface area contributed by atoms with Gasteiger partial charge in [0.15, 0.2) is 6.29 Å². The third-order valence-corrected chi connectivity index (χ3v) is 13.1. The second-order valence-corrected chi connectivity index (χ2v) is 15.5. The Balaban J connectivity index is 2.85. The van der Waals surface area contributed by atoms with Crippen LogP contribution in [0, 0.1) is 23.2 Å². The third kappa shape index (κ3) is 6.32. The van der Waals surface area contributed by atoms with Crippen LogP contribution in [0.3, 0.4) is 0 Å². The summed E-state index contributed by atoms with van der Waals surface area (Å²) in [4.78, 5) is 0.231. The first kappa shape index (κ1) is 25.7. The van der Waals surface area contributed by atoms with Gasteiger partial charge in [-0.25, -0.2) is 0 Å². The molecule has 28 heavy (non-hydrogen) atoms. The summed E-state index contributed by atoms with van der Waals surface area (Å²) in [6.45, 7) is 13.9. The maximum Gasteiger partial charge on any atom is 0.258 e. The fraction of sp³-hybridized carbons (Fsp3) is 0.864. The number of hydrogen-bond donors (Lipinski definition) is 0. The van der Waals surface area contributed by atoms with Crippen molar-refractivity contribution in [1.29, 1.82) is 5.26 Å². The Kier molecular flexibility index (Phi) is 10.8. The van der Waals surface area contributed by atoms with Crippen molar-refractivity contribution in [2.45, 2.75) is 95.0 Å². The minimum atomic E-state index is -1.93. The molecule has 4 nitrogen and oxygen atoms in total. The maximum atomic E-state index is 9.54. The fourth-order valence-electron chi connectivity index (χ4n) is 4.90. The van der Waals surface area contributed by atoms with Crippen LogP contribution in [0.15, 0.2) is 11.8 Å². The quantitative estimate of drug-likeness (QED) is 0.188. The van der Waals surface area contributed by atoms with Gasteiger partial charge >= 0.3 is 0 Å². The number of nitriles is 1. The van der Waals surface area contributed by atoms with Crippen LogP contribution in [0.1, 0.15) is 67.2 Å². The monoisotopic (exact) mass is 473 g/mol. The van der Waals surface area contributed by atoms with Crippen LogP contribution in [-0.4, -0.2) is 33.7 Å². The fourth-order valence-corrected chi connectivity index (χ4v) is 11.2. The first-order chi connectivity index (χ1) is 13.1. The number of methoxy groups -OCH3 is 2. The van der Waals surface area contributed by atoms with E-state index in [4.69, 9.17) is 13.9 Å². The topological polar surface area (TPSA) is 51.5 Å². The SMILES string of the molecule is COC(CC(C#N)C[C@@H]1CC=C(O[Si](C(C)C)(C(C)C)C(C)C)[C@@H](Br)C1)OC. The molecule has 0 heterocycles. The van der Waals surface area contributed by atoms with Gasteiger partial charge in [-0.15, -0.1) is 0 Å². The summed E-state index contributed by atoms with van der Waals surface area (Å²) in [6.07, 6.45) is 5.43. The van der Waals surface area contributed by atoms with Crippen LogP contribution in [0.5, 0.6) is 0 Å². The molecular formula is C22H40BrNO3Si. The molecule has 0 radical (unpaired) electrons. The lowest BCUT2D eigenvalue weighted by Crippen LogP contribution is -2.48. The molecular weight excluding hydrogens is 434 g/mol. The molecule has 6 heteroatoms. The number of halogens is 1. The Bertz CT molecular complexity index is 519. The predicted molar refractivity (Wildman–Crippen MR) is 122 cm³/mol. The van der Waals surface area contributed by atoms with Gasteiger partial charge in [0.1, 0.15) is 0 Å². The van der Waals surface area contributed by atoms with Crippen molar-refractivity contribution in [2.24, 2.45) is 11.8 Å². The van der Waals surface area contributed by atoms with E-state index in [9.17, 15) is 5.26 Å². The minimum Gasteiger partial charge on any atom is -0.545 e. The highest BCUT2D eigenvalue weighted by atomic mass is 79.9. The number of hydrogen-bond acceptors (Lipinski definition) is 4. The van der Waals surface area contributed by atoms with E-state index >= 15 is 0 Å². The largest absolute Gasteiger partial charge is 0.545 e. The first-order valence-electron chi connectivity index (χ1n) is 10.6. The normalized spacial score (nSPS) is 21.9. The van der Waals surface area contributed by atoms with Crippen molar-refractivity contribution in [3.05, 3.63) is 11.8 Å². The van der Waals surface area contributed by atoms with Crippen LogP contribution < -0.4 is 0 Å². The summed E-state index contributed by atoms with van der Waals surface area (Å²) >= 11 is 3.88. The lowest BCUT2D eigenvalue weighted by molar-refractivity contribution is -0.112. The van der Waals surface area contributed by atoms with E-state index in [-0.39, 0.29) is 17.0 Å². The molecule has 0 bridgehead atoms. The molecule has 0 N–H and O–H groups in total. The van der Waals surface area contributed by atoms with Crippen molar-refractivity contribution >= 4 is 24.2 Å². The average Bonchev–Trinajstić information content (AvgIpc) is 2.63. The van der Waals surface area contributed by atoms with E-state index in [2.05, 4.69) is 69.6 Å². The number of ether oxygens (including phenoxy) is 2. The molecule has 0 spiro atoms. The molecule has 0 aromatic rings. The predicted octanol–water partition coefficient (Wildman–Crippen LogP) is 6.77. The summed E-state index contributed by atoms with van der Waals surface area (Å²) in [7, 11) is 1.31. The molecule has 1 aliphatic rings. The molecule has 162 valence electrons. The van der Waals surface area contributed by atoms with Gasteiger partial charge in [-0.1, -0.05) is 57.5 Å². The van der Waals surface area contributed by atoms with Crippen LogP contribution in [0.2, 0.25) is 16.6 Å². The van der Waals surface area contributed by atoms with Crippen LogP contribution in [0.25, 0.3) is 0 Å². The van der Waals surface area contributed by atoms with Gasteiger partial charge < -0.3 is 13.9 Å². The van der Waals surface area contributed by atoms with E-state index in [1.165, 1.54) is 0 Å². The molecule has 0 amide bonds. The lowest BCUT2D eigenvalue weighted by Gasteiger charge is -2.44. The van der Waals surface area contributed by atoms with Gasteiger partial charge in [-0.2, -0.15) is 5.26 Å². The van der Waals surface area contributed by atoms with Crippen molar-refractivity contribution < 1.29 is 13.9 Å². The smallest absolute Gasteiger partial charge is 0.258 e. The molecule has 0 aromatic carbocycles. The average molecular weight is 475 g/mol. The summed E-state index contributed by atoms with van der Waals surface area (Å²) in [5.41, 5.74) is 1.69. The van der Waals surface area contributed by atoms with Crippen LogP contribution in [0.4, 0.5) is 0 Å². The van der Waals surface area contributed by atoms with Gasteiger partial charge in [0.05, 0.1) is 22.6 Å². The van der Waals surface area contributed by atoms with Gasteiger partial charge in [0.2, 0.25) is 0 Å². The second kappa shape index (κ2) is 11.7. The summed E-state index contributed by atoms with van der Waals surface area (Å²) in [5, 5.41) is 9.54. The van der Waals surface area contributed by atoms with Crippen LogP contribution in [-0.2, 0) is 13.9 Å². The van der Waals surface area contributed by atoms with Crippen molar-refractivity contribution in [2.75, 3.05) is 14.2 Å². The molecule has 0 aromatic heterocycles. The minimum absolute atomic E-state index is 0.0547. The Labute approximate surface area is 182 Å². The summed E-state index contributed by atoms with van der Waals surface area (Å²) < 4.78 is 17.4. The standard InChI is InChI=1S/C22H40BrNO3Si/c1-15(2)28(16(3)4,17(5)6)27-21-10-9-18(12-20(21)23)11-19(14-24)13-22(25-7)26-8/h10,15-20,22H,9,11-13H2,1-8H3/t18-,19?,20-/m0/s1. The summed E-state index contributed by atoms with van der Waals surface area (Å²) in [6, 6.07) is 2.44. The van der Waals surface area contributed by atoms with Gasteiger partial charge in [-0.05, 0) is 47.9 Å². The molecule has 0 saturated heterocycles. The molecule has 1 unspecified atom stereocenters. The molecule has 0 fully saturated rings. The Hall–Kier alpha value is -0.353. The third-order valence-electron chi connectivity index (χ3n) is 6.31. The zero-order valence-electron chi connectivity index (χ0n) is 19.0. The summed E-state index contributed by atoms with van der Waals surface area (Å²) in [5.74, 6) is 1.55. The highest BCUT2D eigenvalue weighted by Gasteiger charge is 2.48. The zero-order valence-corrected chi connectivity index (χ0v) is 21.6. The second-order valence-electron chi connectivity index (χ2n) is 9.03. The molecule has 0 aliphatic heterocycles. The number of allylic oxidation sites excluding steroid dienone is 2. The van der Waals surface area contributed by atoms with Gasteiger partial charge in [0.25, 0.3) is 8.32 Å². The molecule has 3 atom stereocenters. The number of alkyl halides is 1. The molecule has 1 aliphatic carbocycles. The van der Waals surface area contributed by atoms with E-state index in [1.807, 2.05) is 0 Å². The Morgan fingerprint density at radius 3 is 2.04 bits per heavy atom. The van der Waals surface area contributed by atoms with Crippen molar-refractivity contribution in [3.63, 3.8) is 0 Å². The Morgan fingerprint density at radius 1 is 1.11 bits per heavy atom. The van der Waals surface area contributed by atoms with E-state index in [0.29, 0.717) is 29.0 Å².